The number of nitrogens with one attached hydrogen (secondary N) is 2. The maximum Gasteiger partial charge on any atom is 0.251 e. The van der Waals surface area contributed by atoms with Crippen LogP contribution in [0.4, 0.5) is 5.69 Å². The third-order valence-corrected chi connectivity index (χ3v) is 4.09. The molecule has 0 aliphatic rings. The number of hydrogen-bond donors (Lipinski definition) is 2. The van der Waals surface area contributed by atoms with Crippen molar-refractivity contribution in [3.05, 3.63) is 54.1 Å². The Morgan fingerprint density at radius 2 is 1.87 bits per heavy atom. The first-order valence-electron chi connectivity index (χ1n) is 7.02. The zero-order chi connectivity index (χ0) is 16.7. The fraction of sp³-hybridized carbons (Fsp3) is 0.176. The van der Waals surface area contributed by atoms with E-state index in [1.54, 1.807) is 25.2 Å². The summed E-state index contributed by atoms with van der Waals surface area (Å²) in [6.07, 6.45) is 0. The number of thioether (sulfide) groups is 1. The Bertz CT molecular complexity index is 689. The van der Waals surface area contributed by atoms with Gasteiger partial charge in [-0.2, -0.15) is 0 Å². The van der Waals surface area contributed by atoms with Crippen LogP contribution in [0.2, 0.25) is 0 Å². The Labute approximate surface area is 139 Å². The van der Waals surface area contributed by atoms with Crippen LogP contribution in [0.5, 0.6) is 5.75 Å². The van der Waals surface area contributed by atoms with E-state index in [-0.39, 0.29) is 17.6 Å². The normalized spacial score (nSPS) is 10.0. The Kier molecular flexibility index (Phi) is 6.05. The van der Waals surface area contributed by atoms with Crippen molar-refractivity contribution in [2.24, 2.45) is 0 Å². The molecule has 0 bridgehead atoms. The van der Waals surface area contributed by atoms with Gasteiger partial charge >= 0.3 is 0 Å². The molecule has 0 atom stereocenters. The molecule has 0 aliphatic heterocycles. The fourth-order valence-corrected chi connectivity index (χ4v) is 2.66. The van der Waals surface area contributed by atoms with E-state index in [2.05, 4.69) is 10.6 Å². The molecule has 5 nitrogen and oxygen atoms in total. The van der Waals surface area contributed by atoms with Gasteiger partial charge in [-0.1, -0.05) is 18.2 Å². The number of methoxy groups -OCH3 is 1. The van der Waals surface area contributed by atoms with Crippen LogP contribution >= 0.6 is 11.8 Å². The van der Waals surface area contributed by atoms with E-state index in [0.29, 0.717) is 17.0 Å². The van der Waals surface area contributed by atoms with Gasteiger partial charge in [-0.25, -0.2) is 0 Å². The van der Waals surface area contributed by atoms with Crippen LogP contribution in [-0.4, -0.2) is 31.7 Å². The summed E-state index contributed by atoms with van der Waals surface area (Å²) in [5.41, 5.74) is 0.937. The molecule has 2 rings (SSSR count). The highest BCUT2D eigenvalue weighted by atomic mass is 32.2. The van der Waals surface area contributed by atoms with E-state index < -0.39 is 0 Å². The molecule has 0 fully saturated rings. The highest BCUT2D eigenvalue weighted by Gasteiger charge is 2.12. The van der Waals surface area contributed by atoms with Gasteiger partial charge in [0.15, 0.2) is 0 Å². The molecule has 23 heavy (non-hydrogen) atoms. The van der Waals surface area contributed by atoms with Gasteiger partial charge in [-0.05, 0) is 30.3 Å². The summed E-state index contributed by atoms with van der Waals surface area (Å²) in [5, 5.41) is 5.34. The zero-order valence-corrected chi connectivity index (χ0v) is 13.8. The van der Waals surface area contributed by atoms with E-state index in [0.717, 1.165) is 4.90 Å². The molecule has 0 aliphatic carbocycles. The number of hydrogen-bond acceptors (Lipinski definition) is 4. The van der Waals surface area contributed by atoms with Crippen LogP contribution in [0.1, 0.15) is 10.4 Å². The van der Waals surface area contributed by atoms with Gasteiger partial charge in [0.25, 0.3) is 5.91 Å². The number of amides is 2. The number of rotatable bonds is 6. The second-order valence-electron chi connectivity index (χ2n) is 4.64. The average molecular weight is 330 g/mol. The summed E-state index contributed by atoms with van der Waals surface area (Å²) in [5.74, 6) is 0.404. The summed E-state index contributed by atoms with van der Waals surface area (Å²) in [6.45, 7) is 0. The highest BCUT2D eigenvalue weighted by molar-refractivity contribution is 8.00. The highest BCUT2D eigenvalue weighted by Crippen LogP contribution is 2.26. The van der Waals surface area contributed by atoms with Crippen molar-refractivity contribution < 1.29 is 14.3 Å². The molecule has 6 heteroatoms. The zero-order valence-electron chi connectivity index (χ0n) is 13.0. The Morgan fingerprint density at radius 3 is 2.52 bits per heavy atom. The third kappa shape index (κ3) is 4.75. The van der Waals surface area contributed by atoms with Gasteiger partial charge in [-0.15, -0.1) is 11.8 Å². The second kappa shape index (κ2) is 8.24. The Morgan fingerprint density at radius 1 is 1.13 bits per heavy atom. The molecule has 2 N–H and O–H groups in total. The molecule has 2 aromatic rings. The minimum absolute atomic E-state index is 0.161. The average Bonchev–Trinajstić information content (AvgIpc) is 2.60. The lowest BCUT2D eigenvalue weighted by Gasteiger charge is -2.11. The van der Waals surface area contributed by atoms with Gasteiger partial charge in [0.2, 0.25) is 5.91 Å². The first kappa shape index (κ1) is 16.9. The van der Waals surface area contributed by atoms with Crippen molar-refractivity contribution >= 4 is 29.3 Å². The molecule has 0 unspecified atom stereocenters. The maximum absolute atomic E-state index is 12.1. The minimum atomic E-state index is -0.221. The molecule has 2 amide bonds. The van der Waals surface area contributed by atoms with Crippen LogP contribution < -0.4 is 15.4 Å². The quantitative estimate of drug-likeness (QED) is 0.799. The van der Waals surface area contributed by atoms with Gasteiger partial charge in [0.1, 0.15) is 5.75 Å². The first-order chi connectivity index (χ1) is 11.1. The lowest BCUT2D eigenvalue weighted by molar-refractivity contribution is -0.113. The maximum atomic E-state index is 12.1. The van der Waals surface area contributed by atoms with Gasteiger partial charge in [-0.3, -0.25) is 9.59 Å². The van der Waals surface area contributed by atoms with Crippen LogP contribution in [0.25, 0.3) is 0 Å². The number of benzene rings is 2. The summed E-state index contributed by atoms with van der Waals surface area (Å²) < 4.78 is 5.22. The lowest BCUT2D eigenvalue weighted by atomic mass is 10.1. The van der Waals surface area contributed by atoms with Crippen molar-refractivity contribution in [2.75, 3.05) is 25.2 Å². The van der Waals surface area contributed by atoms with Crippen molar-refractivity contribution in [2.45, 2.75) is 4.90 Å². The minimum Gasteiger partial charge on any atom is -0.495 e. The molecule has 0 radical (unpaired) electrons. The van der Waals surface area contributed by atoms with E-state index in [4.69, 9.17) is 4.74 Å². The summed E-state index contributed by atoms with van der Waals surface area (Å²) in [6, 6.07) is 14.6. The Hall–Kier alpha value is -2.47. The van der Waals surface area contributed by atoms with Gasteiger partial charge < -0.3 is 15.4 Å². The van der Waals surface area contributed by atoms with Crippen molar-refractivity contribution in [1.82, 2.24) is 5.32 Å². The molecule has 0 heterocycles. The Balaban J connectivity index is 2.05. The van der Waals surface area contributed by atoms with Crippen molar-refractivity contribution in [3.8, 4) is 5.75 Å². The summed E-state index contributed by atoms with van der Waals surface area (Å²) in [4.78, 5) is 24.8. The van der Waals surface area contributed by atoms with Gasteiger partial charge in [0.05, 0.1) is 18.6 Å². The van der Waals surface area contributed by atoms with E-state index in [1.807, 2.05) is 30.3 Å². The van der Waals surface area contributed by atoms with Crippen molar-refractivity contribution in [1.29, 1.82) is 0 Å². The summed E-state index contributed by atoms with van der Waals surface area (Å²) >= 11 is 1.44. The molecular weight excluding hydrogens is 312 g/mol. The van der Waals surface area contributed by atoms with E-state index in [1.165, 1.54) is 18.9 Å². The SMILES string of the molecule is CNC(=O)c1ccc(OC)c(NC(=O)CSc2ccccc2)c1. The largest absolute Gasteiger partial charge is 0.495 e. The molecule has 0 saturated heterocycles. The van der Waals surface area contributed by atoms with E-state index >= 15 is 0 Å². The molecule has 120 valence electrons. The molecule has 0 spiro atoms. The second-order valence-corrected chi connectivity index (χ2v) is 5.69. The fourth-order valence-electron chi connectivity index (χ4n) is 1.94. The van der Waals surface area contributed by atoms with Crippen LogP contribution in [-0.2, 0) is 4.79 Å². The predicted octanol–water partition coefficient (Wildman–Crippen LogP) is 2.79. The van der Waals surface area contributed by atoms with Crippen molar-refractivity contribution in [3.63, 3.8) is 0 Å². The number of ether oxygens (including phenoxy) is 1. The molecular formula is C17H18N2O3S. The lowest BCUT2D eigenvalue weighted by Crippen LogP contribution is -2.19. The van der Waals surface area contributed by atoms with E-state index in [9.17, 15) is 9.59 Å². The topological polar surface area (TPSA) is 67.4 Å². The van der Waals surface area contributed by atoms with Crippen LogP contribution in [0.3, 0.4) is 0 Å². The standard InChI is InChI=1S/C17H18N2O3S/c1-18-17(21)12-8-9-15(22-2)14(10-12)19-16(20)11-23-13-6-4-3-5-7-13/h3-10H,11H2,1-2H3,(H,18,21)(H,19,20). The molecule has 0 aromatic heterocycles. The van der Waals surface area contributed by atoms with Crippen LogP contribution in [0.15, 0.2) is 53.4 Å². The number of carbonyl (C=O) groups is 2. The number of anilines is 1. The number of carbonyl (C=O) groups excluding carboxylic acids is 2. The third-order valence-electron chi connectivity index (χ3n) is 3.08. The predicted molar refractivity (Wildman–Crippen MR) is 92.2 cm³/mol. The first-order valence-corrected chi connectivity index (χ1v) is 8.00. The molecule has 2 aromatic carbocycles. The molecule has 0 saturated carbocycles. The van der Waals surface area contributed by atoms with Crippen LogP contribution in [0, 0.1) is 0 Å². The van der Waals surface area contributed by atoms with Gasteiger partial charge in [0, 0.05) is 17.5 Å². The smallest absolute Gasteiger partial charge is 0.251 e. The summed E-state index contributed by atoms with van der Waals surface area (Å²) in [7, 11) is 3.07. The monoisotopic (exact) mass is 330 g/mol.